The van der Waals surface area contributed by atoms with E-state index < -0.39 is 15.9 Å². The molecule has 16 heavy (non-hydrogen) atoms. The van der Waals surface area contributed by atoms with Crippen LogP contribution < -0.4 is 4.74 Å². The van der Waals surface area contributed by atoms with E-state index in [9.17, 15) is 13.5 Å². The summed E-state index contributed by atoms with van der Waals surface area (Å²) in [6.07, 6.45) is 1.66. The molecule has 1 aliphatic carbocycles. The lowest BCUT2D eigenvalue weighted by molar-refractivity contribution is 0.177. The van der Waals surface area contributed by atoms with E-state index in [1.807, 2.05) is 0 Å². The van der Waals surface area contributed by atoms with Crippen molar-refractivity contribution in [3.05, 3.63) is 23.3 Å². The lowest BCUT2D eigenvalue weighted by Gasteiger charge is -2.12. The van der Waals surface area contributed by atoms with Gasteiger partial charge in [-0.2, -0.15) is 0 Å². The van der Waals surface area contributed by atoms with Gasteiger partial charge in [-0.3, -0.25) is 0 Å². The number of methoxy groups -OCH3 is 1. The molecule has 1 N–H and O–H groups in total. The topological polar surface area (TPSA) is 63.6 Å². The highest BCUT2D eigenvalue weighted by Gasteiger charge is 2.29. The molecule has 0 bridgehead atoms. The molecule has 1 aromatic carbocycles. The summed E-state index contributed by atoms with van der Waals surface area (Å²) in [5.74, 6) is 0.652. The molecule has 0 radical (unpaired) electrons. The summed E-state index contributed by atoms with van der Waals surface area (Å²) < 4.78 is 28.3. The van der Waals surface area contributed by atoms with E-state index in [0.29, 0.717) is 24.2 Å². The Morgan fingerprint density at radius 2 is 2.12 bits per heavy atom. The highest BCUT2D eigenvalue weighted by Crippen LogP contribution is 2.40. The summed E-state index contributed by atoms with van der Waals surface area (Å²) >= 11 is 0. The van der Waals surface area contributed by atoms with Crippen LogP contribution in [0, 0.1) is 0 Å². The van der Waals surface area contributed by atoms with Gasteiger partial charge in [0.25, 0.3) is 0 Å². The predicted octanol–water partition coefficient (Wildman–Crippen LogP) is 1.08. The molecule has 0 fully saturated rings. The molecule has 0 aliphatic heterocycles. The summed E-state index contributed by atoms with van der Waals surface area (Å²) in [7, 11) is -1.76. The van der Waals surface area contributed by atoms with Crippen LogP contribution in [0.1, 0.15) is 23.7 Å². The van der Waals surface area contributed by atoms with Crippen molar-refractivity contribution in [2.45, 2.75) is 23.8 Å². The Balaban J connectivity index is 2.72. The molecule has 0 aromatic heterocycles. The van der Waals surface area contributed by atoms with Crippen LogP contribution in [0.15, 0.2) is 17.0 Å². The SMILES string of the molecule is COc1ccc(S(C)(=O)=O)c2c1CCC2O. The summed E-state index contributed by atoms with van der Waals surface area (Å²) in [4.78, 5) is 0.216. The van der Waals surface area contributed by atoms with Crippen LogP contribution in [-0.4, -0.2) is 26.9 Å². The number of hydrogen-bond acceptors (Lipinski definition) is 4. The standard InChI is InChI=1S/C11H14O4S/c1-15-9-5-6-10(16(2,13)14)11-7(9)3-4-8(11)12/h5-6,8,12H,3-4H2,1-2H3. The second kappa shape index (κ2) is 3.75. The maximum absolute atomic E-state index is 11.6. The molecule has 0 heterocycles. The zero-order valence-electron chi connectivity index (χ0n) is 9.23. The highest BCUT2D eigenvalue weighted by atomic mass is 32.2. The van der Waals surface area contributed by atoms with Gasteiger partial charge in [-0.15, -0.1) is 0 Å². The van der Waals surface area contributed by atoms with E-state index in [4.69, 9.17) is 4.74 Å². The molecule has 2 rings (SSSR count). The van der Waals surface area contributed by atoms with Crippen molar-refractivity contribution in [2.75, 3.05) is 13.4 Å². The fourth-order valence-corrected chi connectivity index (χ4v) is 3.16. The van der Waals surface area contributed by atoms with Gasteiger partial charge < -0.3 is 9.84 Å². The Morgan fingerprint density at radius 3 is 2.69 bits per heavy atom. The molecular weight excluding hydrogens is 228 g/mol. The Morgan fingerprint density at radius 1 is 1.44 bits per heavy atom. The lowest BCUT2D eigenvalue weighted by atomic mass is 10.1. The summed E-state index contributed by atoms with van der Waals surface area (Å²) in [5.41, 5.74) is 1.33. The molecule has 5 heteroatoms. The Labute approximate surface area is 94.8 Å². The van der Waals surface area contributed by atoms with Crippen LogP contribution in [0.4, 0.5) is 0 Å². The number of rotatable bonds is 2. The first-order valence-corrected chi connectivity index (χ1v) is 6.92. The van der Waals surface area contributed by atoms with Gasteiger partial charge in [-0.1, -0.05) is 0 Å². The molecule has 1 unspecified atom stereocenters. The van der Waals surface area contributed by atoms with Gasteiger partial charge in [-0.25, -0.2) is 8.42 Å². The average molecular weight is 242 g/mol. The Kier molecular flexibility index (Phi) is 2.67. The van der Waals surface area contributed by atoms with Crippen LogP contribution in [0.25, 0.3) is 0 Å². The van der Waals surface area contributed by atoms with Crippen molar-refractivity contribution in [3.63, 3.8) is 0 Å². The van der Waals surface area contributed by atoms with Crippen molar-refractivity contribution >= 4 is 9.84 Å². The number of sulfone groups is 1. The van der Waals surface area contributed by atoms with Crippen molar-refractivity contribution < 1.29 is 18.3 Å². The number of fused-ring (bicyclic) bond motifs is 1. The normalized spacial score (nSPS) is 19.6. The van der Waals surface area contributed by atoms with Gasteiger partial charge in [0.1, 0.15) is 5.75 Å². The van der Waals surface area contributed by atoms with Crippen molar-refractivity contribution in [1.29, 1.82) is 0 Å². The van der Waals surface area contributed by atoms with Gasteiger partial charge in [0, 0.05) is 17.4 Å². The maximum atomic E-state index is 11.6. The Bertz CT molecular complexity index is 519. The van der Waals surface area contributed by atoms with Crippen LogP contribution >= 0.6 is 0 Å². The Hall–Kier alpha value is -1.07. The molecule has 88 valence electrons. The summed E-state index contributed by atoms with van der Waals surface area (Å²) in [5, 5.41) is 9.83. The first-order valence-electron chi connectivity index (χ1n) is 5.03. The van der Waals surface area contributed by atoms with Gasteiger partial charge in [-0.05, 0) is 25.0 Å². The molecular formula is C11H14O4S. The minimum atomic E-state index is -3.30. The van der Waals surface area contributed by atoms with Crippen LogP contribution in [0.3, 0.4) is 0 Å². The van der Waals surface area contributed by atoms with Crippen LogP contribution in [-0.2, 0) is 16.3 Å². The lowest BCUT2D eigenvalue weighted by Crippen LogP contribution is -2.05. The molecule has 1 aromatic rings. The van der Waals surface area contributed by atoms with Crippen molar-refractivity contribution in [3.8, 4) is 5.75 Å². The highest BCUT2D eigenvalue weighted by molar-refractivity contribution is 7.90. The van der Waals surface area contributed by atoms with E-state index in [2.05, 4.69) is 0 Å². The predicted molar refractivity (Wildman–Crippen MR) is 59.4 cm³/mol. The average Bonchev–Trinajstić information content (AvgIpc) is 2.58. The number of hydrogen-bond donors (Lipinski definition) is 1. The third-order valence-electron chi connectivity index (χ3n) is 2.89. The van der Waals surface area contributed by atoms with E-state index in [1.165, 1.54) is 6.07 Å². The first kappa shape index (κ1) is 11.4. The van der Waals surface area contributed by atoms with E-state index in [-0.39, 0.29) is 4.90 Å². The monoisotopic (exact) mass is 242 g/mol. The second-order valence-electron chi connectivity index (χ2n) is 3.98. The quantitative estimate of drug-likeness (QED) is 0.842. The van der Waals surface area contributed by atoms with Crippen molar-refractivity contribution in [1.82, 2.24) is 0 Å². The number of aliphatic hydroxyl groups excluding tert-OH is 1. The minimum Gasteiger partial charge on any atom is -0.496 e. The van der Waals surface area contributed by atoms with Gasteiger partial charge >= 0.3 is 0 Å². The number of benzene rings is 1. The largest absolute Gasteiger partial charge is 0.496 e. The van der Waals surface area contributed by atoms with Gasteiger partial charge in [0.15, 0.2) is 9.84 Å². The third kappa shape index (κ3) is 1.70. The van der Waals surface area contributed by atoms with E-state index in [0.717, 1.165) is 11.8 Å². The van der Waals surface area contributed by atoms with Crippen LogP contribution in [0.5, 0.6) is 5.75 Å². The second-order valence-corrected chi connectivity index (χ2v) is 5.97. The van der Waals surface area contributed by atoms with E-state index >= 15 is 0 Å². The third-order valence-corrected chi connectivity index (χ3v) is 4.05. The smallest absolute Gasteiger partial charge is 0.175 e. The molecule has 0 saturated carbocycles. The number of ether oxygens (including phenoxy) is 1. The maximum Gasteiger partial charge on any atom is 0.175 e. The molecule has 0 spiro atoms. The van der Waals surface area contributed by atoms with Gasteiger partial charge in [0.2, 0.25) is 0 Å². The van der Waals surface area contributed by atoms with E-state index in [1.54, 1.807) is 13.2 Å². The first-order chi connectivity index (χ1) is 7.45. The fraction of sp³-hybridized carbons (Fsp3) is 0.455. The zero-order valence-corrected chi connectivity index (χ0v) is 10.0. The van der Waals surface area contributed by atoms with Crippen molar-refractivity contribution in [2.24, 2.45) is 0 Å². The molecule has 1 atom stereocenters. The molecule has 0 saturated heterocycles. The van der Waals surface area contributed by atoms with Gasteiger partial charge in [0.05, 0.1) is 18.1 Å². The molecule has 0 amide bonds. The minimum absolute atomic E-state index is 0.216. The zero-order chi connectivity index (χ0) is 11.9. The number of aliphatic hydroxyl groups is 1. The summed E-state index contributed by atoms with van der Waals surface area (Å²) in [6.45, 7) is 0. The molecule has 4 nitrogen and oxygen atoms in total. The van der Waals surface area contributed by atoms with Crippen LogP contribution in [0.2, 0.25) is 0 Å². The molecule has 1 aliphatic rings. The fourth-order valence-electron chi connectivity index (χ4n) is 2.19. The summed E-state index contributed by atoms with van der Waals surface area (Å²) in [6, 6.07) is 3.15.